The maximum absolute atomic E-state index is 12.7. The van der Waals surface area contributed by atoms with Crippen molar-refractivity contribution in [1.29, 1.82) is 0 Å². The van der Waals surface area contributed by atoms with Crippen LogP contribution in [0.5, 0.6) is 0 Å². The van der Waals surface area contributed by atoms with Gasteiger partial charge in [-0.15, -0.1) is 0 Å². The van der Waals surface area contributed by atoms with E-state index in [4.69, 9.17) is 9.40 Å². The van der Waals surface area contributed by atoms with Gasteiger partial charge in [-0.3, -0.25) is 9.69 Å². The smallest absolute Gasteiger partial charge is 0.291 e. The minimum Gasteiger partial charge on any atom is -0.429 e. The predicted octanol–water partition coefficient (Wildman–Crippen LogP) is 4.63. The van der Waals surface area contributed by atoms with Gasteiger partial charge in [-0.1, -0.05) is 25.1 Å². The van der Waals surface area contributed by atoms with Gasteiger partial charge in [0.15, 0.2) is 0 Å². The minimum atomic E-state index is -0.149. The lowest BCUT2D eigenvalue weighted by Gasteiger charge is -2.53. The van der Waals surface area contributed by atoms with E-state index in [9.17, 15) is 4.79 Å². The third-order valence-corrected chi connectivity index (χ3v) is 7.86. The van der Waals surface area contributed by atoms with Crippen molar-refractivity contribution in [2.24, 2.45) is 5.41 Å². The second kappa shape index (κ2) is 6.82. The predicted molar refractivity (Wildman–Crippen MR) is 125 cm³/mol. The Morgan fingerprint density at radius 2 is 2.09 bits per heavy atom. The van der Waals surface area contributed by atoms with Crippen molar-refractivity contribution >= 4 is 22.5 Å². The summed E-state index contributed by atoms with van der Waals surface area (Å²) in [6.45, 7) is 6.45. The van der Waals surface area contributed by atoms with Crippen molar-refractivity contribution in [3.8, 4) is 0 Å². The summed E-state index contributed by atoms with van der Waals surface area (Å²) in [5.41, 5.74) is 5.78. The second-order valence-electron chi connectivity index (χ2n) is 9.76. The molecule has 1 fully saturated rings. The molecular formula is C26H30N4O2. The first kappa shape index (κ1) is 19.8. The van der Waals surface area contributed by atoms with Crippen LogP contribution in [0.15, 0.2) is 34.8 Å². The molecule has 2 aromatic heterocycles. The lowest BCUT2D eigenvalue weighted by atomic mass is 9.66. The van der Waals surface area contributed by atoms with Crippen molar-refractivity contribution in [3.05, 3.63) is 58.9 Å². The molecular weight excluding hydrogens is 400 g/mol. The molecule has 0 bridgehead atoms. The Morgan fingerprint density at radius 1 is 1.28 bits per heavy atom. The van der Waals surface area contributed by atoms with Crippen molar-refractivity contribution in [1.82, 2.24) is 19.4 Å². The Morgan fingerprint density at radius 3 is 2.88 bits per heavy atom. The largest absolute Gasteiger partial charge is 0.429 e. The lowest BCUT2D eigenvalue weighted by molar-refractivity contribution is 0.0269. The van der Waals surface area contributed by atoms with E-state index in [0.717, 1.165) is 38.0 Å². The zero-order valence-electron chi connectivity index (χ0n) is 19.3. The van der Waals surface area contributed by atoms with Crippen molar-refractivity contribution in [3.63, 3.8) is 0 Å². The molecule has 3 aromatic rings. The van der Waals surface area contributed by atoms with Crippen molar-refractivity contribution in [2.45, 2.75) is 45.6 Å². The molecule has 1 saturated heterocycles. The lowest BCUT2D eigenvalue weighted by Crippen LogP contribution is -2.50. The minimum absolute atomic E-state index is 0.0568. The quantitative estimate of drug-likeness (QED) is 0.608. The number of amides is 1. The third kappa shape index (κ3) is 2.50. The number of hydrogen-bond acceptors (Lipinski definition) is 4. The van der Waals surface area contributed by atoms with E-state index in [1.807, 2.05) is 6.92 Å². The Hall–Kier alpha value is -2.86. The fourth-order valence-electron chi connectivity index (χ4n) is 6.34. The average Bonchev–Trinajstić information content (AvgIpc) is 3.35. The number of nitrogens with zero attached hydrogens (tertiary/aromatic N) is 4. The van der Waals surface area contributed by atoms with E-state index in [0.29, 0.717) is 23.4 Å². The fourth-order valence-corrected chi connectivity index (χ4v) is 6.34. The topological polar surface area (TPSA) is 54.5 Å². The number of aromatic nitrogens is 2. The Bertz CT molecular complexity index is 1280. The van der Waals surface area contributed by atoms with Gasteiger partial charge in [0.25, 0.3) is 5.91 Å². The number of benzene rings is 1. The Kier molecular flexibility index (Phi) is 4.22. The summed E-state index contributed by atoms with van der Waals surface area (Å²) in [5.74, 6) is 0.725. The number of oxazole rings is 1. The molecule has 0 N–H and O–H groups in total. The molecule has 5 heterocycles. The highest BCUT2D eigenvalue weighted by Crippen LogP contribution is 2.57. The molecule has 0 aliphatic carbocycles. The molecule has 0 radical (unpaired) electrons. The van der Waals surface area contributed by atoms with E-state index >= 15 is 0 Å². The summed E-state index contributed by atoms with van der Waals surface area (Å²) in [4.78, 5) is 21.7. The van der Waals surface area contributed by atoms with Gasteiger partial charge in [-0.05, 0) is 56.9 Å². The SMILES string of the molecule is CC[C@@]12C=C(c3nc(C)c(C(=O)N(C)C)o3)n3c4c(c5ccccc53)CCN(CCC1)[C@H]42. The van der Waals surface area contributed by atoms with Crippen molar-refractivity contribution < 1.29 is 9.21 Å². The first-order chi connectivity index (χ1) is 15.4. The first-order valence-corrected chi connectivity index (χ1v) is 11.7. The molecule has 166 valence electrons. The van der Waals surface area contributed by atoms with Gasteiger partial charge in [0.05, 0.1) is 17.3 Å². The van der Waals surface area contributed by atoms with Gasteiger partial charge in [0, 0.05) is 37.1 Å². The number of carbonyl (C=O) groups is 1. The fraction of sp³-hybridized carbons (Fsp3) is 0.462. The molecule has 1 aromatic carbocycles. The van der Waals surface area contributed by atoms with Gasteiger partial charge >= 0.3 is 0 Å². The van der Waals surface area contributed by atoms with Gasteiger partial charge in [-0.25, -0.2) is 4.98 Å². The molecule has 3 aliphatic heterocycles. The highest BCUT2D eigenvalue weighted by molar-refractivity contribution is 5.93. The molecule has 6 nitrogen and oxygen atoms in total. The number of hydrogen-bond donors (Lipinski definition) is 0. The van der Waals surface area contributed by atoms with Crippen LogP contribution in [-0.2, 0) is 6.42 Å². The highest BCUT2D eigenvalue weighted by atomic mass is 16.4. The molecule has 0 saturated carbocycles. The van der Waals surface area contributed by atoms with E-state index in [-0.39, 0.29) is 11.3 Å². The number of piperidine rings is 1. The number of carbonyl (C=O) groups excluding carboxylic acids is 1. The van der Waals surface area contributed by atoms with Crippen molar-refractivity contribution in [2.75, 3.05) is 27.2 Å². The highest BCUT2D eigenvalue weighted by Gasteiger charge is 2.51. The molecule has 6 heteroatoms. The Balaban J connectivity index is 1.65. The third-order valence-electron chi connectivity index (χ3n) is 7.86. The standard InChI is InChI=1S/C26H30N4O2/c1-5-26-12-8-13-29-14-11-18-17-9-6-7-10-19(17)30(21(18)23(26)29)20(15-26)24-27-16(2)22(32-24)25(31)28(3)4/h6-7,9-10,15,23H,5,8,11-14H2,1-4H3/t23-,26+/m1/s1. The maximum Gasteiger partial charge on any atom is 0.291 e. The molecule has 3 aliphatic rings. The van der Waals surface area contributed by atoms with Gasteiger partial charge in [0.1, 0.15) is 5.70 Å². The monoisotopic (exact) mass is 430 g/mol. The summed E-state index contributed by atoms with van der Waals surface area (Å²) in [7, 11) is 3.49. The molecule has 0 spiro atoms. The van der Waals surface area contributed by atoms with Crippen LogP contribution in [0.2, 0.25) is 0 Å². The number of rotatable bonds is 3. The summed E-state index contributed by atoms with van der Waals surface area (Å²) in [6.07, 6.45) is 6.94. The normalized spacial score (nSPS) is 24.4. The van der Waals surface area contributed by atoms with Crippen LogP contribution in [0.4, 0.5) is 0 Å². The number of para-hydroxylation sites is 1. The summed E-state index contributed by atoms with van der Waals surface area (Å²) >= 11 is 0. The van der Waals surface area contributed by atoms with Crippen LogP contribution in [-0.4, -0.2) is 52.4 Å². The average molecular weight is 431 g/mol. The van der Waals surface area contributed by atoms with Gasteiger partial charge in [-0.2, -0.15) is 0 Å². The van der Waals surface area contributed by atoms with Gasteiger partial charge < -0.3 is 13.9 Å². The van der Waals surface area contributed by atoms with E-state index in [1.165, 1.54) is 28.6 Å². The molecule has 0 unspecified atom stereocenters. The van der Waals surface area contributed by atoms with E-state index in [2.05, 4.69) is 46.7 Å². The maximum atomic E-state index is 12.7. The van der Waals surface area contributed by atoms with Crippen LogP contribution >= 0.6 is 0 Å². The van der Waals surface area contributed by atoms with Crippen LogP contribution in [0, 0.1) is 12.3 Å². The molecule has 2 atom stereocenters. The van der Waals surface area contributed by atoms with Gasteiger partial charge in [0.2, 0.25) is 11.7 Å². The number of fused-ring (bicyclic) bond motifs is 3. The van der Waals surface area contributed by atoms with Crippen LogP contribution in [0.25, 0.3) is 16.6 Å². The summed E-state index contributed by atoms with van der Waals surface area (Å²) < 4.78 is 8.59. The summed E-state index contributed by atoms with van der Waals surface area (Å²) in [5, 5.41) is 1.33. The van der Waals surface area contributed by atoms with E-state index < -0.39 is 0 Å². The Labute approximate surface area is 188 Å². The second-order valence-corrected chi connectivity index (χ2v) is 9.76. The molecule has 6 rings (SSSR count). The van der Waals surface area contributed by atoms with Crippen LogP contribution in [0.3, 0.4) is 0 Å². The number of aryl methyl sites for hydroxylation is 1. The molecule has 32 heavy (non-hydrogen) atoms. The molecule has 1 amide bonds. The zero-order valence-corrected chi connectivity index (χ0v) is 19.3. The first-order valence-electron chi connectivity index (χ1n) is 11.7. The zero-order chi connectivity index (χ0) is 22.2. The summed E-state index contributed by atoms with van der Waals surface area (Å²) in [6, 6.07) is 9.09. The van der Waals surface area contributed by atoms with Crippen LogP contribution < -0.4 is 0 Å². The van der Waals surface area contributed by atoms with E-state index in [1.54, 1.807) is 19.0 Å². The van der Waals surface area contributed by atoms with Crippen LogP contribution in [0.1, 0.15) is 65.6 Å².